The van der Waals surface area contributed by atoms with Crippen LogP contribution in [0.25, 0.3) is 37.8 Å². The van der Waals surface area contributed by atoms with Crippen molar-refractivity contribution in [2.24, 2.45) is 7.05 Å². The highest BCUT2D eigenvalue weighted by molar-refractivity contribution is 6.05. The molecule has 0 atom stereocenters. The molecule has 1 aliphatic rings. The highest BCUT2D eigenvalue weighted by Crippen LogP contribution is 2.49. The molecule has 3 nitrogen and oxygen atoms in total. The van der Waals surface area contributed by atoms with Crippen molar-refractivity contribution in [1.29, 1.82) is 0 Å². The van der Waals surface area contributed by atoms with E-state index < -0.39 is 5.54 Å². The van der Waals surface area contributed by atoms with Gasteiger partial charge in [0.2, 0.25) is 11.1 Å². The van der Waals surface area contributed by atoms with Crippen LogP contribution in [-0.2, 0) is 13.5 Å². The predicted molar refractivity (Wildman–Crippen MR) is 136 cm³/mol. The lowest BCUT2D eigenvalue weighted by Crippen LogP contribution is -2.33. The average Bonchev–Trinajstić information content (AvgIpc) is 2.76. The maximum absolute atomic E-state index is 7.49. The summed E-state index contributed by atoms with van der Waals surface area (Å²) in [5.74, 6) is 2.28. The Bertz CT molecular complexity index is 1500. The number of ether oxygens (including phenoxy) is 1. The summed E-state index contributed by atoms with van der Waals surface area (Å²) in [5.41, 5.74) is 8.24. The van der Waals surface area contributed by atoms with E-state index in [-0.39, 0.29) is 0 Å². The molecular weight excluding hydrogens is 404 g/mol. The number of pyridine rings is 1. The number of benzene rings is 3. The van der Waals surface area contributed by atoms with Gasteiger partial charge in [-0.05, 0) is 59.5 Å². The molecule has 3 heteroatoms. The number of hydrogen-bond donors (Lipinski definition) is 0. The summed E-state index contributed by atoms with van der Waals surface area (Å²) in [7, 11) is 2.13. The van der Waals surface area contributed by atoms with Gasteiger partial charge in [-0.15, -0.1) is 0 Å². The van der Waals surface area contributed by atoms with Gasteiger partial charge in [-0.1, -0.05) is 32.0 Å². The van der Waals surface area contributed by atoms with Crippen LogP contribution in [0.15, 0.2) is 42.5 Å². The van der Waals surface area contributed by atoms with Crippen molar-refractivity contribution in [2.75, 3.05) is 0 Å². The molecule has 0 spiro atoms. The Balaban J connectivity index is 1.80. The van der Waals surface area contributed by atoms with Gasteiger partial charge in [-0.2, -0.15) is 4.57 Å². The van der Waals surface area contributed by atoms with Crippen LogP contribution >= 0.6 is 0 Å². The van der Waals surface area contributed by atoms with Crippen LogP contribution in [0.1, 0.15) is 55.9 Å². The van der Waals surface area contributed by atoms with Crippen molar-refractivity contribution in [2.45, 2.75) is 59.4 Å². The third-order valence-corrected chi connectivity index (χ3v) is 7.11. The van der Waals surface area contributed by atoms with E-state index in [4.69, 9.17) is 11.3 Å². The molecule has 2 heterocycles. The number of rotatable bonds is 3. The predicted octanol–water partition coefficient (Wildman–Crippen LogP) is 7.57. The minimum absolute atomic E-state index is 0.406. The summed E-state index contributed by atoms with van der Waals surface area (Å²) in [6, 6.07) is 15.6. The van der Waals surface area contributed by atoms with Crippen LogP contribution in [0, 0.1) is 20.4 Å². The van der Waals surface area contributed by atoms with Gasteiger partial charge in [-0.3, -0.25) is 0 Å². The zero-order valence-electron chi connectivity index (χ0n) is 20.6. The summed E-state index contributed by atoms with van der Waals surface area (Å²) in [5, 5.41) is 3.59. The third-order valence-electron chi connectivity index (χ3n) is 7.11. The number of aromatic nitrogens is 1. The fraction of sp³-hybridized carbons (Fsp3) is 0.333. The topological polar surface area (TPSA) is 17.5 Å². The molecule has 0 bridgehead atoms. The molecular formula is C30H31N2O+. The quantitative estimate of drug-likeness (QED) is 0.211. The summed E-state index contributed by atoms with van der Waals surface area (Å²) >= 11 is 0. The summed E-state index contributed by atoms with van der Waals surface area (Å²) in [6.07, 6.45) is 0.728. The number of hydrogen-bond acceptors (Lipinski definition) is 1. The lowest BCUT2D eigenvalue weighted by Gasteiger charge is -2.24. The van der Waals surface area contributed by atoms with E-state index >= 15 is 0 Å². The second kappa shape index (κ2) is 7.32. The molecule has 4 aromatic rings. The van der Waals surface area contributed by atoms with Crippen molar-refractivity contribution in [3.05, 3.63) is 76.1 Å². The maximum Gasteiger partial charge on any atom is 0.256 e. The standard InChI is InChI=1S/C30H31N2O/c1-17(2)21-13-23-11-18(3)19(4)27-28(23)25(14-21)33-26-15-22-12-20(16-30(5,6)31-7)9-10-24(22)32(8)29(26)27/h9-15,17H,16H2,1-6,8H3/q+1. The summed E-state index contributed by atoms with van der Waals surface area (Å²) in [6.45, 7) is 20.4. The Hall–Kier alpha value is -3.38. The minimum Gasteiger partial charge on any atom is -0.450 e. The summed E-state index contributed by atoms with van der Waals surface area (Å²) in [4.78, 5) is 3.79. The molecule has 1 aliphatic heterocycles. The molecule has 0 fully saturated rings. The van der Waals surface area contributed by atoms with Crippen molar-refractivity contribution in [3.63, 3.8) is 0 Å². The molecule has 0 aliphatic carbocycles. The van der Waals surface area contributed by atoms with Crippen molar-refractivity contribution >= 4 is 21.7 Å². The Morgan fingerprint density at radius 1 is 1.00 bits per heavy atom. The first-order valence-electron chi connectivity index (χ1n) is 11.7. The first-order valence-corrected chi connectivity index (χ1v) is 11.7. The third kappa shape index (κ3) is 3.37. The molecule has 0 radical (unpaired) electrons. The van der Waals surface area contributed by atoms with Gasteiger partial charge in [0.25, 0.3) is 5.69 Å². The number of aryl methyl sites for hydroxylation is 2. The number of fused-ring (bicyclic) bond motifs is 3. The van der Waals surface area contributed by atoms with Gasteiger partial charge in [0.1, 0.15) is 12.8 Å². The zero-order chi connectivity index (χ0) is 23.7. The smallest absolute Gasteiger partial charge is 0.256 e. The van der Waals surface area contributed by atoms with Gasteiger partial charge in [0, 0.05) is 31.4 Å². The normalized spacial score (nSPS) is 12.7. The van der Waals surface area contributed by atoms with Gasteiger partial charge < -0.3 is 9.58 Å². The SMILES string of the molecule is [C-]#[N+]C(C)(C)Cc1ccc2c(c1)cc1c([n+]2C)-c2c(C)c(C)cc3cc(C(C)C)cc(c23)O1. The van der Waals surface area contributed by atoms with E-state index in [2.05, 4.69) is 86.6 Å². The maximum atomic E-state index is 7.49. The van der Waals surface area contributed by atoms with Crippen LogP contribution < -0.4 is 9.30 Å². The van der Waals surface area contributed by atoms with E-state index in [1.807, 2.05) is 13.8 Å². The van der Waals surface area contributed by atoms with E-state index in [0.29, 0.717) is 5.92 Å². The fourth-order valence-electron chi connectivity index (χ4n) is 5.13. The minimum atomic E-state index is -0.406. The van der Waals surface area contributed by atoms with Crippen LogP contribution in [0.2, 0.25) is 0 Å². The van der Waals surface area contributed by atoms with E-state index in [9.17, 15) is 0 Å². The monoisotopic (exact) mass is 435 g/mol. The van der Waals surface area contributed by atoms with Crippen LogP contribution in [-0.4, -0.2) is 5.54 Å². The van der Waals surface area contributed by atoms with E-state index in [0.717, 1.165) is 34.5 Å². The molecule has 5 rings (SSSR count). The molecule has 0 N–H and O–H groups in total. The van der Waals surface area contributed by atoms with Crippen LogP contribution in [0.3, 0.4) is 0 Å². The van der Waals surface area contributed by atoms with Crippen LogP contribution in [0.4, 0.5) is 0 Å². The molecule has 3 aromatic carbocycles. The zero-order valence-corrected chi connectivity index (χ0v) is 20.6. The summed E-state index contributed by atoms with van der Waals surface area (Å²) < 4.78 is 8.89. The fourth-order valence-corrected chi connectivity index (χ4v) is 5.13. The van der Waals surface area contributed by atoms with Crippen molar-refractivity contribution < 1.29 is 9.30 Å². The molecule has 0 saturated heterocycles. The molecule has 0 amide bonds. The van der Waals surface area contributed by atoms with Gasteiger partial charge in [0.15, 0.2) is 5.75 Å². The Morgan fingerprint density at radius 2 is 1.76 bits per heavy atom. The molecule has 1 aromatic heterocycles. The average molecular weight is 436 g/mol. The second-order valence-electron chi connectivity index (χ2n) is 10.5. The van der Waals surface area contributed by atoms with Crippen molar-refractivity contribution in [3.8, 4) is 22.8 Å². The highest BCUT2D eigenvalue weighted by Gasteiger charge is 2.32. The van der Waals surface area contributed by atoms with E-state index in [1.165, 1.54) is 38.6 Å². The van der Waals surface area contributed by atoms with Gasteiger partial charge in [0.05, 0.1) is 17.4 Å². The lowest BCUT2D eigenvalue weighted by atomic mass is 9.88. The van der Waals surface area contributed by atoms with E-state index in [1.54, 1.807) is 0 Å². The lowest BCUT2D eigenvalue weighted by molar-refractivity contribution is -0.633. The number of nitrogens with zero attached hydrogens (tertiary/aromatic N) is 2. The molecule has 166 valence electrons. The largest absolute Gasteiger partial charge is 0.450 e. The van der Waals surface area contributed by atoms with Gasteiger partial charge in [-0.25, -0.2) is 6.57 Å². The Morgan fingerprint density at radius 3 is 2.45 bits per heavy atom. The van der Waals surface area contributed by atoms with Crippen molar-refractivity contribution in [1.82, 2.24) is 0 Å². The molecule has 0 unspecified atom stereocenters. The highest BCUT2D eigenvalue weighted by atomic mass is 16.5. The van der Waals surface area contributed by atoms with Crippen LogP contribution in [0.5, 0.6) is 11.5 Å². The molecule has 0 saturated carbocycles. The molecule has 33 heavy (non-hydrogen) atoms. The first kappa shape index (κ1) is 21.5. The van der Waals surface area contributed by atoms with Gasteiger partial charge >= 0.3 is 0 Å². The first-order chi connectivity index (χ1) is 15.6. The Kier molecular flexibility index (Phi) is 4.76. The Labute approximate surface area is 196 Å². The second-order valence-corrected chi connectivity index (χ2v) is 10.5.